The average Bonchev–Trinajstić information content (AvgIpc) is 3.54. The third-order valence-corrected chi connectivity index (χ3v) is 8.29. The molecule has 1 saturated carbocycles. The number of hydrogen-bond acceptors (Lipinski definition) is 7. The van der Waals surface area contributed by atoms with Crippen LogP contribution in [0.1, 0.15) is 30.8 Å². The number of pyridine rings is 1. The van der Waals surface area contributed by atoms with Gasteiger partial charge in [0.25, 0.3) is 6.43 Å². The normalized spacial score (nSPS) is 15.1. The molecular formula is C24H26F2N8O2S. The van der Waals surface area contributed by atoms with E-state index >= 15 is 0 Å². The molecule has 37 heavy (non-hydrogen) atoms. The molecular weight excluding hydrogens is 502 g/mol. The van der Waals surface area contributed by atoms with Crippen LogP contribution in [0.15, 0.2) is 39.7 Å². The highest BCUT2D eigenvalue weighted by Crippen LogP contribution is 2.36. The number of H-pyrrole nitrogens is 1. The number of amides is 1. The molecule has 0 unspecified atom stereocenters. The lowest BCUT2D eigenvalue weighted by atomic mass is 10.1. The molecule has 0 bridgehead atoms. The third kappa shape index (κ3) is 4.78. The molecule has 1 aromatic carbocycles. The number of nitrogens with zero attached hydrogens (tertiary/aromatic N) is 5. The van der Waals surface area contributed by atoms with Crippen LogP contribution < -0.4 is 10.6 Å². The Morgan fingerprint density at radius 2 is 2.00 bits per heavy atom. The van der Waals surface area contributed by atoms with E-state index < -0.39 is 22.0 Å². The van der Waals surface area contributed by atoms with E-state index in [-0.39, 0.29) is 28.8 Å². The van der Waals surface area contributed by atoms with Gasteiger partial charge >= 0.3 is 0 Å². The number of rotatable bonds is 7. The summed E-state index contributed by atoms with van der Waals surface area (Å²) in [6.07, 6.45) is 2.03. The minimum absolute atomic E-state index is 0.0213. The van der Waals surface area contributed by atoms with Crippen LogP contribution in [0, 0.1) is 12.8 Å². The number of halogens is 2. The number of fused-ring (bicyclic) bond motifs is 1. The molecule has 13 heteroatoms. The van der Waals surface area contributed by atoms with Gasteiger partial charge in [0.2, 0.25) is 5.91 Å². The lowest BCUT2D eigenvalue weighted by Gasteiger charge is -2.16. The molecule has 1 amide bonds. The molecule has 3 aromatic heterocycles. The van der Waals surface area contributed by atoms with E-state index in [2.05, 4.69) is 35.0 Å². The van der Waals surface area contributed by atoms with E-state index in [1.54, 1.807) is 29.1 Å². The predicted octanol–water partition coefficient (Wildman–Crippen LogP) is 4.78. The molecule has 1 aliphatic rings. The van der Waals surface area contributed by atoms with Crippen molar-refractivity contribution >= 4 is 44.0 Å². The molecule has 1 atom stereocenters. The van der Waals surface area contributed by atoms with Gasteiger partial charge in [0.05, 0.1) is 32.2 Å². The molecule has 3 N–H and O–H groups in total. The number of aryl methyl sites for hydroxylation is 1. The van der Waals surface area contributed by atoms with Crippen molar-refractivity contribution in [2.24, 2.45) is 17.3 Å². The highest BCUT2D eigenvalue weighted by atomic mass is 32.2. The fraction of sp³-hybridized carbons (Fsp3) is 0.333. The molecule has 0 aliphatic heterocycles. The van der Waals surface area contributed by atoms with Crippen molar-refractivity contribution in [3.05, 3.63) is 42.0 Å². The third-order valence-electron chi connectivity index (χ3n) is 6.44. The first-order valence-corrected chi connectivity index (χ1v) is 13.5. The maximum Gasteiger partial charge on any atom is 0.295 e. The smallest absolute Gasteiger partial charge is 0.295 e. The summed E-state index contributed by atoms with van der Waals surface area (Å²) in [4.78, 5) is 23.5. The lowest BCUT2D eigenvalue weighted by Crippen LogP contribution is -2.14. The molecule has 3 heterocycles. The fourth-order valence-corrected chi connectivity index (χ4v) is 5.05. The van der Waals surface area contributed by atoms with Gasteiger partial charge in [0.1, 0.15) is 11.3 Å². The number of aromatic amines is 1. The number of carbonyl (C=O) groups is 1. The Morgan fingerprint density at radius 1 is 1.24 bits per heavy atom. The van der Waals surface area contributed by atoms with Crippen molar-refractivity contribution in [1.29, 1.82) is 0 Å². The Bertz CT molecular complexity index is 1650. The van der Waals surface area contributed by atoms with Crippen molar-refractivity contribution in [3.8, 4) is 11.1 Å². The summed E-state index contributed by atoms with van der Waals surface area (Å²) in [6.45, 7) is 1.94. The number of hydrogen-bond donors (Lipinski definition) is 3. The van der Waals surface area contributed by atoms with Crippen molar-refractivity contribution in [1.82, 2.24) is 24.7 Å². The maximum atomic E-state index is 13.5. The Kier molecular flexibility index (Phi) is 6.18. The number of imidazole rings is 1. The van der Waals surface area contributed by atoms with Gasteiger partial charge in [-0.2, -0.15) is 5.10 Å². The van der Waals surface area contributed by atoms with Crippen LogP contribution in [0.2, 0.25) is 0 Å². The monoisotopic (exact) mass is 528 g/mol. The standard InChI is InChI=1S/C24H26F2N8O2S/c1-12-15(11-28-34(12)3)14-7-8-16(18(9-14)37(4,36)27-2)29-17-10-19(31-24(35)13-5-6-13)30-22-20(17)32-23(33-22)21(25)26/h7-11,13,21H,5-6H2,1-4H3,(H3,29,30,31,32,33,35)/t37-/m0/s1. The lowest BCUT2D eigenvalue weighted by molar-refractivity contribution is -0.117. The minimum Gasteiger partial charge on any atom is -0.353 e. The summed E-state index contributed by atoms with van der Waals surface area (Å²) in [7, 11) is 0.495. The Morgan fingerprint density at radius 3 is 2.62 bits per heavy atom. The highest BCUT2D eigenvalue weighted by molar-refractivity contribution is 7.93. The van der Waals surface area contributed by atoms with Crippen LogP contribution in [0.3, 0.4) is 0 Å². The van der Waals surface area contributed by atoms with Crippen molar-refractivity contribution in [2.45, 2.75) is 31.1 Å². The zero-order chi connectivity index (χ0) is 26.5. The number of benzene rings is 1. The summed E-state index contributed by atoms with van der Waals surface area (Å²) in [5, 5.41) is 10.2. The fourth-order valence-electron chi connectivity index (χ4n) is 3.98. The van der Waals surface area contributed by atoms with E-state index in [0.717, 1.165) is 29.7 Å². The summed E-state index contributed by atoms with van der Waals surface area (Å²) in [6, 6.07) is 6.93. The number of carbonyl (C=O) groups excluding carboxylic acids is 1. The van der Waals surface area contributed by atoms with E-state index in [1.165, 1.54) is 13.3 Å². The number of anilines is 3. The van der Waals surface area contributed by atoms with Gasteiger partial charge in [0.15, 0.2) is 11.5 Å². The van der Waals surface area contributed by atoms with Gasteiger partial charge < -0.3 is 15.6 Å². The SMILES string of the molecule is CN=[S@@](C)(=O)c1cc(-c2cnn(C)c2C)ccc1Nc1cc(NC(=O)C2CC2)nc2nc(C(F)F)[nH]c12. The quantitative estimate of drug-likeness (QED) is 0.316. The second-order valence-electron chi connectivity index (χ2n) is 9.03. The zero-order valence-corrected chi connectivity index (χ0v) is 21.5. The second kappa shape index (κ2) is 9.21. The molecule has 1 fully saturated rings. The zero-order valence-electron chi connectivity index (χ0n) is 20.7. The Hall–Kier alpha value is -3.87. The molecule has 10 nitrogen and oxygen atoms in total. The van der Waals surface area contributed by atoms with Crippen LogP contribution in [-0.4, -0.2) is 48.2 Å². The van der Waals surface area contributed by atoms with E-state index in [1.807, 2.05) is 20.0 Å². The highest BCUT2D eigenvalue weighted by Gasteiger charge is 2.30. The van der Waals surface area contributed by atoms with Gasteiger partial charge in [-0.1, -0.05) is 6.07 Å². The minimum atomic E-state index is -2.84. The molecule has 4 aromatic rings. The predicted molar refractivity (Wildman–Crippen MR) is 138 cm³/mol. The molecule has 5 rings (SSSR count). The van der Waals surface area contributed by atoms with Gasteiger partial charge in [-0.3, -0.25) is 9.48 Å². The van der Waals surface area contributed by atoms with Gasteiger partial charge in [0, 0.05) is 43.6 Å². The second-order valence-corrected chi connectivity index (χ2v) is 11.4. The van der Waals surface area contributed by atoms with Crippen molar-refractivity contribution in [2.75, 3.05) is 23.9 Å². The molecule has 1 aliphatic carbocycles. The van der Waals surface area contributed by atoms with Crippen LogP contribution in [0.4, 0.5) is 26.0 Å². The average molecular weight is 529 g/mol. The van der Waals surface area contributed by atoms with Crippen LogP contribution in [0.25, 0.3) is 22.3 Å². The summed E-state index contributed by atoms with van der Waals surface area (Å²) >= 11 is 0. The topological polar surface area (TPSA) is 130 Å². The van der Waals surface area contributed by atoms with E-state index in [9.17, 15) is 17.8 Å². The molecule has 194 valence electrons. The summed E-state index contributed by atoms with van der Waals surface area (Å²) < 4.78 is 46.2. The van der Waals surface area contributed by atoms with Gasteiger partial charge in [-0.15, -0.1) is 0 Å². The summed E-state index contributed by atoms with van der Waals surface area (Å²) in [5.41, 5.74) is 3.68. The maximum absolute atomic E-state index is 13.5. The Balaban J connectivity index is 1.62. The van der Waals surface area contributed by atoms with Crippen LogP contribution in [0.5, 0.6) is 0 Å². The van der Waals surface area contributed by atoms with Crippen molar-refractivity contribution in [3.63, 3.8) is 0 Å². The molecule has 0 saturated heterocycles. The van der Waals surface area contributed by atoms with Gasteiger partial charge in [-0.05, 0) is 37.5 Å². The first-order valence-electron chi connectivity index (χ1n) is 11.6. The van der Waals surface area contributed by atoms with E-state index in [0.29, 0.717) is 16.3 Å². The number of alkyl halides is 2. The van der Waals surface area contributed by atoms with Crippen LogP contribution >= 0.6 is 0 Å². The first kappa shape index (κ1) is 24.8. The number of aromatic nitrogens is 5. The van der Waals surface area contributed by atoms with Crippen LogP contribution in [-0.2, 0) is 21.6 Å². The van der Waals surface area contributed by atoms with Crippen molar-refractivity contribution < 1.29 is 17.8 Å². The molecule has 0 radical (unpaired) electrons. The summed E-state index contributed by atoms with van der Waals surface area (Å²) in [5.74, 6) is -0.612. The Labute approximate surface area is 212 Å². The van der Waals surface area contributed by atoms with Gasteiger partial charge in [-0.25, -0.2) is 27.3 Å². The first-order chi connectivity index (χ1) is 17.6. The number of nitrogens with one attached hydrogen (secondary N) is 3. The van der Waals surface area contributed by atoms with E-state index in [4.69, 9.17) is 0 Å². The largest absolute Gasteiger partial charge is 0.353 e. The molecule has 0 spiro atoms.